The maximum atomic E-state index is 12.0. The Morgan fingerprint density at radius 3 is 2.65 bits per heavy atom. The molecule has 2 amide bonds. The fraction of sp³-hybridized carbons (Fsp3) is 0.562. The van der Waals surface area contributed by atoms with Crippen LogP contribution in [0.1, 0.15) is 37.7 Å². The van der Waals surface area contributed by atoms with E-state index < -0.39 is 0 Å². The maximum Gasteiger partial charge on any atom is 0.315 e. The number of rotatable bonds is 2. The molecule has 1 aromatic rings. The van der Waals surface area contributed by atoms with Gasteiger partial charge < -0.3 is 15.4 Å². The van der Waals surface area contributed by atoms with Crippen LogP contribution in [0.5, 0.6) is 5.75 Å². The van der Waals surface area contributed by atoms with E-state index in [2.05, 4.69) is 16.7 Å². The first kappa shape index (κ1) is 13.3. The fourth-order valence-corrected chi connectivity index (χ4v) is 3.08. The number of hydrogen-bond acceptors (Lipinski definition) is 2. The summed E-state index contributed by atoms with van der Waals surface area (Å²) < 4.78 is 5.68. The lowest BCUT2D eigenvalue weighted by Gasteiger charge is -2.28. The molecule has 1 aromatic carbocycles. The Morgan fingerprint density at radius 2 is 1.80 bits per heavy atom. The second-order valence-electron chi connectivity index (χ2n) is 5.77. The summed E-state index contributed by atoms with van der Waals surface area (Å²) in [6.07, 6.45) is 6.81. The summed E-state index contributed by atoms with van der Waals surface area (Å²) in [6.45, 7) is 0.551. The second kappa shape index (κ2) is 6.16. The zero-order valence-corrected chi connectivity index (χ0v) is 11.7. The van der Waals surface area contributed by atoms with Crippen LogP contribution in [0.2, 0.25) is 0 Å². The van der Waals surface area contributed by atoms with Gasteiger partial charge in [-0.25, -0.2) is 4.79 Å². The third kappa shape index (κ3) is 3.24. The second-order valence-corrected chi connectivity index (χ2v) is 5.77. The Kier molecular flexibility index (Phi) is 4.09. The molecule has 2 aliphatic rings. The van der Waals surface area contributed by atoms with Crippen molar-refractivity contribution in [3.63, 3.8) is 0 Å². The zero-order chi connectivity index (χ0) is 13.8. The standard InChI is InChI=1S/C16H22N2O2/c19-16(17-13-7-2-1-3-8-13)18-14-10-12-6-4-5-9-15(12)20-11-14/h4-6,9,13-14H,1-3,7-8,10-11H2,(H2,17,18,19). The van der Waals surface area contributed by atoms with Crippen LogP contribution < -0.4 is 15.4 Å². The molecule has 1 heterocycles. The third-order valence-corrected chi connectivity index (χ3v) is 4.15. The normalized spacial score (nSPS) is 22.5. The first-order chi connectivity index (χ1) is 9.81. The molecule has 108 valence electrons. The number of nitrogens with one attached hydrogen (secondary N) is 2. The van der Waals surface area contributed by atoms with Gasteiger partial charge in [0.2, 0.25) is 0 Å². The van der Waals surface area contributed by atoms with Crippen molar-refractivity contribution < 1.29 is 9.53 Å². The Bertz CT molecular complexity index is 469. The highest BCUT2D eigenvalue weighted by molar-refractivity contribution is 5.74. The number of urea groups is 1. The van der Waals surface area contributed by atoms with Crippen LogP contribution in [-0.4, -0.2) is 24.7 Å². The van der Waals surface area contributed by atoms with Crippen LogP contribution in [-0.2, 0) is 6.42 Å². The SMILES string of the molecule is O=C(NC1CCCCC1)NC1COc2ccccc2C1. The largest absolute Gasteiger partial charge is 0.491 e. The molecule has 1 fully saturated rings. The van der Waals surface area contributed by atoms with Gasteiger partial charge in [-0.2, -0.15) is 0 Å². The summed E-state index contributed by atoms with van der Waals surface area (Å²) in [4.78, 5) is 12.0. The minimum absolute atomic E-state index is 0.0510. The summed E-state index contributed by atoms with van der Waals surface area (Å²) in [5.74, 6) is 0.943. The fourth-order valence-electron chi connectivity index (χ4n) is 3.08. The molecule has 4 heteroatoms. The first-order valence-electron chi connectivity index (χ1n) is 7.59. The van der Waals surface area contributed by atoms with E-state index in [-0.39, 0.29) is 12.1 Å². The van der Waals surface area contributed by atoms with Crippen LogP contribution in [0.3, 0.4) is 0 Å². The van der Waals surface area contributed by atoms with Crippen molar-refractivity contribution in [3.05, 3.63) is 29.8 Å². The lowest BCUT2D eigenvalue weighted by molar-refractivity contribution is 0.209. The van der Waals surface area contributed by atoms with Crippen LogP contribution in [0.15, 0.2) is 24.3 Å². The van der Waals surface area contributed by atoms with Gasteiger partial charge in [-0.1, -0.05) is 37.5 Å². The van der Waals surface area contributed by atoms with Crippen molar-refractivity contribution in [2.24, 2.45) is 0 Å². The van der Waals surface area contributed by atoms with E-state index in [1.165, 1.54) is 24.8 Å². The van der Waals surface area contributed by atoms with E-state index in [1.807, 2.05) is 18.2 Å². The summed E-state index contributed by atoms with van der Waals surface area (Å²) in [6, 6.07) is 8.38. The van der Waals surface area contributed by atoms with Gasteiger partial charge in [-0.05, 0) is 30.9 Å². The van der Waals surface area contributed by atoms with E-state index >= 15 is 0 Å². The van der Waals surface area contributed by atoms with Crippen molar-refractivity contribution in [2.45, 2.75) is 50.6 Å². The molecule has 20 heavy (non-hydrogen) atoms. The number of amides is 2. The van der Waals surface area contributed by atoms with E-state index in [0.717, 1.165) is 25.0 Å². The highest BCUT2D eigenvalue weighted by Crippen LogP contribution is 2.24. The molecule has 1 aliphatic carbocycles. The number of para-hydroxylation sites is 1. The summed E-state index contributed by atoms with van der Waals surface area (Å²) >= 11 is 0. The third-order valence-electron chi connectivity index (χ3n) is 4.15. The van der Waals surface area contributed by atoms with Crippen molar-refractivity contribution in [3.8, 4) is 5.75 Å². The van der Waals surface area contributed by atoms with Gasteiger partial charge in [0, 0.05) is 6.04 Å². The van der Waals surface area contributed by atoms with Crippen LogP contribution in [0.25, 0.3) is 0 Å². The van der Waals surface area contributed by atoms with E-state index in [1.54, 1.807) is 0 Å². The van der Waals surface area contributed by atoms with Gasteiger partial charge in [0.1, 0.15) is 12.4 Å². The molecule has 1 atom stereocenters. The first-order valence-corrected chi connectivity index (χ1v) is 7.59. The van der Waals surface area contributed by atoms with Crippen molar-refractivity contribution in [1.82, 2.24) is 10.6 Å². The highest BCUT2D eigenvalue weighted by Gasteiger charge is 2.22. The molecule has 2 N–H and O–H groups in total. The quantitative estimate of drug-likeness (QED) is 0.871. The molecule has 1 unspecified atom stereocenters. The lowest BCUT2D eigenvalue weighted by atomic mass is 9.96. The molecule has 0 spiro atoms. The zero-order valence-electron chi connectivity index (χ0n) is 11.7. The minimum Gasteiger partial charge on any atom is -0.491 e. The molecule has 4 nitrogen and oxygen atoms in total. The van der Waals surface area contributed by atoms with Crippen molar-refractivity contribution in [1.29, 1.82) is 0 Å². The highest BCUT2D eigenvalue weighted by atomic mass is 16.5. The van der Waals surface area contributed by atoms with Gasteiger partial charge >= 0.3 is 6.03 Å². The van der Waals surface area contributed by atoms with E-state index in [9.17, 15) is 4.79 Å². The molecular weight excluding hydrogens is 252 g/mol. The average Bonchev–Trinajstić information content (AvgIpc) is 2.48. The molecule has 0 saturated heterocycles. The summed E-state index contributed by atoms with van der Waals surface area (Å²) in [5.41, 5.74) is 1.17. The molecule has 1 saturated carbocycles. The molecule has 1 aliphatic heterocycles. The number of carbonyl (C=O) groups excluding carboxylic acids is 1. The molecule has 0 aromatic heterocycles. The topological polar surface area (TPSA) is 50.4 Å². The van der Waals surface area contributed by atoms with E-state index in [0.29, 0.717) is 12.6 Å². The average molecular weight is 274 g/mol. The maximum absolute atomic E-state index is 12.0. The van der Waals surface area contributed by atoms with E-state index in [4.69, 9.17) is 4.74 Å². The molecule has 3 rings (SSSR count). The lowest BCUT2D eigenvalue weighted by Crippen LogP contribution is -2.50. The number of carbonyl (C=O) groups is 1. The van der Waals surface area contributed by atoms with Crippen molar-refractivity contribution in [2.75, 3.05) is 6.61 Å². The Balaban J connectivity index is 1.50. The number of fused-ring (bicyclic) bond motifs is 1. The van der Waals surface area contributed by atoms with Gasteiger partial charge in [0.15, 0.2) is 0 Å². The van der Waals surface area contributed by atoms with Crippen LogP contribution >= 0.6 is 0 Å². The predicted molar refractivity (Wildman–Crippen MR) is 78.0 cm³/mol. The smallest absolute Gasteiger partial charge is 0.315 e. The predicted octanol–water partition coefficient (Wildman–Crippen LogP) is 2.62. The Morgan fingerprint density at radius 1 is 1.05 bits per heavy atom. The summed E-state index contributed by atoms with van der Waals surface area (Å²) in [7, 11) is 0. The van der Waals surface area contributed by atoms with Gasteiger partial charge in [-0.15, -0.1) is 0 Å². The Labute approximate surface area is 119 Å². The number of benzene rings is 1. The van der Waals surface area contributed by atoms with Gasteiger partial charge in [-0.3, -0.25) is 0 Å². The van der Waals surface area contributed by atoms with Gasteiger partial charge in [0.25, 0.3) is 0 Å². The minimum atomic E-state index is -0.0510. The van der Waals surface area contributed by atoms with Crippen molar-refractivity contribution >= 4 is 6.03 Å². The Hall–Kier alpha value is -1.71. The number of ether oxygens (including phenoxy) is 1. The monoisotopic (exact) mass is 274 g/mol. The molecule has 0 radical (unpaired) electrons. The van der Waals surface area contributed by atoms with Gasteiger partial charge in [0.05, 0.1) is 6.04 Å². The molecule has 0 bridgehead atoms. The van der Waals surface area contributed by atoms with Crippen LogP contribution in [0, 0.1) is 0 Å². The summed E-state index contributed by atoms with van der Waals surface area (Å²) in [5, 5.41) is 6.12. The molecular formula is C16H22N2O2. The van der Waals surface area contributed by atoms with Crippen LogP contribution in [0.4, 0.5) is 4.79 Å². The number of hydrogen-bond donors (Lipinski definition) is 2.